The minimum atomic E-state index is -1.17. The average Bonchev–Trinajstić information content (AvgIpc) is 1.94. The van der Waals surface area contributed by atoms with Crippen LogP contribution in [-0.2, 0) is 57.5 Å². The number of nitrogens with one attached hydrogen (secondary N) is 4. The number of carbonyl (C=O) groups is 9. The van der Waals surface area contributed by atoms with E-state index in [2.05, 4.69) is 34.1 Å². The van der Waals surface area contributed by atoms with Gasteiger partial charge >= 0.3 is 0 Å². The first kappa shape index (κ1) is 67.6. The van der Waals surface area contributed by atoms with Crippen molar-refractivity contribution in [3.8, 4) is 0 Å². The fourth-order valence-corrected chi connectivity index (χ4v) is 12.5. The molecule has 0 aromatic heterocycles. The second-order valence-electron chi connectivity index (χ2n) is 23.9. The summed E-state index contributed by atoms with van der Waals surface area (Å²) in [6.07, 6.45) is 6.86. The van der Waals surface area contributed by atoms with Crippen LogP contribution in [0, 0.1) is 23.7 Å². The van der Waals surface area contributed by atoms with Gasteiger partial charge in [-0.3, -0.25) is 68.6 Å². The molecule has 4 aliphatic rings. The van der Waals surface area contributed by atoms with Gasteiger partial charge in [-0.1, -0.05) is 98.1 Å². The summed E-state index contributed by atoms with van der Waals surface area (Å²) < 4.78 is 12.2. The van der Waals surface area contributed by atoms with E-state index in [-0.39, 0.29) is 103 Å². The SMILES string of the molecule is CC[C@H](C)[C@@H]([C@@H](CC(=O)N1CCC[C@H]1[C@H](OC)[C@@H](C)C(=O)N[C@@]1(C(=O)N2CCCCO2)C[C@H]1c1ccccc1)OC)N(C)C(=O)[C@@H](NC(=O)[C@H](C(C)C)N(C)CCCCCC(=O)NNC(=O)CCCCCN1C(=O)CC(S)C1=O)C(C)C. The van der Waals surface area contributed by atoms with E-state index in [1.807, 2.05) is 83.8 Å². The van der Waals surface area contributed by atoms with E-state index in [1.54, 1.807) is 38.0 Å². The van der Waals surface area contributed by atoms with E-state index in [0.29, 0.717) is 97.0 Å². The number of likely N-dealkylation sites (tertiary alicyclic amines) is 2. The molecule has 3 aliphatic heterocycles. The normalized spacial score (nSPS) is 22.6. The lowest BCUT2D eigenvalue weighted by atomic mass is 9.89. The third-order valence-corrected chi connectivity index (χ3v) is 17.6. The topological polar surface area (TPSA) is 246 Å². The number of unbranched alkanes of at least 4 members (excludes halogenated alkanes) is 4. The van der Waals surface area contributed by atoms with Gasteiger partial charge in [-0.2, -0.15) is 12.6 Å². The molecule has 22 heteroatoms. The highest BCUT2D eigenvalue weighted by molar-refractivity contribution is 7.81. The maximum atomic E-state index is 14.8. The Kier molecular flexibility index (Phi) is 26.6. The number of thiol groups is 1. The quantitative estimate of drug-likeness (QED) is 0.0279. The second-order valence-corrected chi connectivity index (χ2v) is 24.5. The number of carbonyl (C=O) groups excluding carboxylic acids is 9. The van der Waals surface area contributed by atoms with Crippen molar-refractivity contribution < 1.29 is 57.5 Å². The number of likely N-dealkylation sites (N-methyl/N-ethyl adjacent to an activating group) is 2. The number of nitrogens with zero attached hydrogens (tertiary/aromatic N) is 5. The molecule has 5 rings (SSSR count). The van der Waals surface area contributed by atoms with Crippen LogP contribution in [0.15, 0.2) is 30.3 Å². The number of methoxy groups -OCH3 is 2. The van der Waals surface area contributed by atoms with Crippen molar-refractivity contribution in [3.63, 3.8) is 0 Å². The predicted molar refractivity (Wildman–Crippen MR) is 313 cm³/mol. The summed E-state index contributed by atoms with van der Waals surface area (Å²) in [4.78, 5) is 133. The Morgan fingerprint density at radius 3 is 2.04 bits per heavy atom. The zero-order chi connectivity index (χ0) is 60.4. The highest BCUT2D eigenvalue weighted by atomic mass is 32.1. The number of hydrogen-bond donors (Lipinski definition) is 5. The molecule has 9 amide bonds. The van der Waals surface area contributed by atoms with Crippen LogP contribution in [0.3, 0.4) is 0 Å². The van der Waals surface area contributed by atoms with Crippen LogP contribution >= 0.6 is 12.6 Å². The lowest BCUT2D eigenvalue weighted by Crippen LogP contribution is -2.60. The van der Waals surface area contributed by atoms with Gasteiger partial charge in [0.15, 0.2) is 0 Å². The third kappa shape index (κ3) is 17.7. The van der Waals surface area contributed by atoms with Crippen molar-refractivity contribution in [3.05, 3.63) is 35.9 Å². The minimum absolute atomic E-state index is 0.0432. The number of imide groups is 1. The van der Waals surface area contributed by atoms with Crippen molar-refractivity contribution in [2.75, 3.05) is 61.1 Å². The zero-order valence-corrected chi connectivity index (χ0v) is 51.6. The van der Waals surface area contributed by atoms with Crippen LogP contribution in [0.4, 0.5) is 0 Å². The Morgan fingerprint density at radius 1 is 0.817 bits per heavy atom. The summed E-state index contributed by atoms with van der Waals surface area (Å²) in [6, 6.07) is 7.27. The van der Waals surface area contributed by atoms with Crippen LogP contribution < -0.4 is 21.5 Å². The number of hydrazine groups is 1. The van der Waals surface area contributed by atoms with Crippen molar-refractivity contribution in [2.24, 2.45) is 23.7 Å². The molecule has 82 heavy (non-hydrogen) atoms. The monoisotopic (exact) mass is 1170 g/mol. The predicted octanol–water partition coefficient (Wildman–Crippen LogP) is 4.93. The first-order chi connectivity index (χ1) is 39.0. The number of benzene rings is 1. The minimum Gasteiger partial charge on any atom is -0.379 e. The Bertz CT molecular complexity index is 2320. The van der Waals surface area contributed by atoms with Gasteiger partial charge in [-0.15, -0.1) is 0 Å². The summed E-state index contributed by atoms with van der Waals surface area (Å²) in [5.74, 6) is -3.98. The van der Waals surface area contributed by atoms with Crippen molar-refractivity contribution in [2.45, 2.75) is 204 Å². The van der Waals surface area contributed by atoms with E-state index in [4.69, 9.17) is 14.3 Å². The Morgan fingerprint density at radius 2 is 1.48 bits per heavy atom. The number of ether oxygens (including phenoxy) is 2. The summed E-state index contributed by atoms with van der Waals surface area (Å²) in [5.41, 5.74) is 4.71. The van der Waals surface area contributed by atoms with E-state index >= 15 is 0 Å². The molecule has 4 fully saturated rings. The first-order valence-electron chi connectivity index (χ1n) is 30.1. The van der Waals surface area contributed by atoms with E-state index in [0.717, 1.165) is 18.4 Å². The molecule has 1 aromatic carbocycles. The van der Waals surface area contributed by atoms with Gasteiger partial charge in [0.2, 0.25) is 47.3 Å². The van der Waals surface area contributed by atoms with Crippen LogP contribution in [0.2, 0.25) is 0 Å². The highest BCUT2D eigenvalue weighted by Gasteiger charge is 2.64. The summed E-state index contributed by atoms with van der Waals surface area (Å²) >= 11 is 4.13. The van der Waals surface area contributed by atoms with Gasteiger partial charge in [0.05, 0.1) is 54.5 Å². The molecule has 3 heterocycles. The van der Waals surface area contributed by atoms with E-state index < -0.39 is 53.1 Å². The van der Waals surface area contributed by atoms with Gasteiger partial charge < -0.3 is 29.9 Å². The maximum Gasteiger partial charge on any atom is 0.272 e. The smallest absolute Gasteiger partial charge is 0.272 e. The molecule has 1 aliphatic carbocycles. The van der Waals surface area contributed by atoms with Crippen LogP contribution in [0.1, 0.15) is 163 Å². The molecule has 1 aromatic rings. The molecule has 11 atom stereocenters. The number of amides is 9. The van der Waals surface area contributed by atoms with Crippen molar-refractivity contribution in [1.29, 1.82) is 0 Å². The van der Waals surface area contributed by atoms with Crippen LogP contribution in [-0.4, -0.2) is 186 Å². The Hall–Kier alpha value is -5.16. The maximum absolute atomic E-state index is 14.8. The lowest BCUT2D eigenvalue weighted by Gasteiger charge is -2.41. The van der Waals surface area contributed by atoms with E-state index in [9.17, 15) is 43.2 Å². The molecule has 0 spiro atoms. The molecule has 21 nitrogen and oxygen atoms in total. The molecule has 3 saturated heterocycles. The molecule has 0 radical (unpaired) electrons. The molecule has 1 saturated carbocycles. The summed E-state index contributed by atoms with van der Waals surface area (Å²) in [6.45, 7) is 15.7. The number of rotatable bonds is 32. The number of hydroxylamine groups is 2. The van der Waals surface area contributed by atoms with Gasteiger partial charge in [0, 0.05) is 66.1 Å². The van der Waals surface area contributed by atoms with Gasteiger partial charge in [-0.25, -0.2) is 5.06 Å². The van der Waals surface area contributed by atoms with Crippen molar-refractivity contribution in [1.82, 2.24) is 46.1 Å². The average molecular weight is 1170 g/mol. The van der Waals surface area contributed by atoms with Gasteiger partial charge in [0.1, 0.15) is 11.6 Å². The Labute approximate surface area is 492 Å². The number of hydrogen-bond acceptors (Lipinski definition) is 14. The second kappa shape index (κ2) is 32.2. The molecule has 1 unspecified atom stereocenters. The van der Waals surface area contributed by atoms with Gasteiger partial charge in [-0.05, 0) is 94.7 Å². The third-order valence-electron chi connectivity index (χ3n) is 17.2. The highest BCUT2D eigenvalue weighted by Crippen LogP contribution is 2.53. The summed E-state index contributed by atoms with van der Waals surface area (Å²) in [5, 5.41) is 7.09. The van der Waals surface area contributed by atoms with Crippen LogP contribution in [0.5, 0.6) is 0 Å². The fourth-order valence-electron chi connectivity index (χ4n) is 12.2. The molecular weight excluding hydrogens is 1070 g/mol. The summed E-state index contributed by atoms with van der Waals surface area (Å²) in [7, 11) is 6.68. The van der Waals surface area contributed by atoms with Crippen molar-refractivity contribution >= 4 is 65.8 Å². The largest absolute Gasteiger partial charge is 0.379 e. The lowest BCUT2D eigenvalue weighted by molar-refractivity contribution is -0.200. The molecule has 460 valence electrons. The fraction of sp³-hybridized carbons (Fsp3) is 0.750. The first-order valence-corrected chi connectivity index (χ1v) is 30.6. The molecule has 4 N–H and O–H groups in total. The standard InChI is InChI=1S/C60H97N9O12S/c1-12-40(6)53(45(79-10)35-49(72)67-32-24-27-44(67)54(80-11)41(7)55(74)62-60(59(78)69-33-22-23-34-81-69)37-43(60)42-25-16-13-17-26-42)66(9)58(77)51(38(2)3)61-56(75)52(39(4)5)65(8)30-20-14-18-28-47(70)63-64-48(71)29-19-15-21-31-68-50(73)36-46(82)57(68)76/h13,16-17,25-26,38-41,43-46,51-54,82H,12,14-15,18-24,27-37H2,1-11H3,(H,61,75)(H,62,74)(H,63,70)(H,64,71)/t40-,41+,43-,44-,45+,46?,51-,52-,53-,54+,60-/m0/s1. The van der Waals surface area contributed by atoms with Gasteiger partial charge in [0.25, 0.3) is 5.91 Å². The zero-order valence-electron chi connectivity index (χ0n) is 50.7. The Balaban J connectivity index is 1.12. The van der Waals surface area contributed by atoms with Crippen LogP contribution in [0.25, 0.3) is 0 Å². The van der Waals surface area contributed by atoms with E-state index in [1.165, 1.54) is 9.96 Å². The molecular formula is C60H97N9O12S. The molecule has 0 bridgehead atoms.